The van der Waals surface area contributed by atoms with Crippen molar-refractivity contribution in [3.8, 4) is 5.75 Å². The molecule has 0 saturated heterocycles. The number of aryl methyl sites for hydroxylation is 2. The molecule has 6 nitrogen and oxygen atoms in total. The van der Waals surface area contributed by atoms with E-state index in [9.17, 15) is 4.79 Å². The first-order valence-corrected chi connectivity index (χ1v) is 6.41. The highest BCUT2D eigenvalue weighted by Gasteiger charge is 2.12. The molecule has 1 amide bonds. The van der Waals surface area contributed by atoms with E-state index in [2.05, 4.69) is 20.5 Å². The van der Waals surface area contributed by atoms with Crippen molar-refractivity contribution < 1.29 is 9.53 Å². The topological polar surface area (TPSA) is 79.9 Å². The minimum Gasteiger partial charge on any atom is -0.483 e. The number of carbonyl (C=O) groups excluding carboxylic acids is 1. The van der Waals surface area contributed by atoms with Crippen LogP contribution in [-0.4, -0.2) is 27.7 Å². The summed E-state index contributed by atoms with van der Waals surface area (Å²) in [6.07, 6.45) is 1.41. The van der Waals surface area contributed by atoms with Crippen molar-refractivity contribution in [2.24, 2.45) is 0 Å². The SMILES string of the molecule is Cc1ccc(C)c(OCC(=O)NC(C)c2ncn[nH]2)c1. The fraction of sp³-hybridized carbons (Fsp3) is 0.357. The second kappa shape index (κ2) is 6.18. The molecular weight excluding hydrogens is 256 g/mol. The summed E-state index contributed by atoms with van der Waals surface area (Å²) in [5.41, 5.74) is 2.10. The normalized spacial score (nSPS) is 11.9. The quantitative estimate of drug-likeness (QED) is 0.869. The molecule has 0 radical (unpaired) electrons. The predicted octanol–water partition coefficient (Wildman–Crippen LogP) is 1.68. The molecule has 0 saturated carbocycles. The number of amides is 1. The van der Waals surface area contributed by atoms with Crippen molar-refractivity contribution in [1.29, 1.82) is 0 Å². The highest BCUT2D eigenvalue weighted by Crippen LogP contribution is 2.18. The molecule has 1 aromatic carbocycles. The average molecular weight is 274 g/mol. The van der Waals surface area contributed by atoms with Crippen molar-refractivity contribution in [3.05, 3.63) is 41.5 Å². The van der Waals surface area contributed by atoms with Crippen molar-refractivity contribution in [2.75, 3.05) is 6.61 Å². The van der Waals surface area contributed by atoms with Crippen LogP contribution in [0, 0.1) is 13.8 Å². The Bertz CT molecular complexity index is 581. The number of carbonyl (C=O) groups is 1. The zero-order valence-corrected chi connectivity index (χ0v) is 11.8. The van der Waals surface area contributed by atoms with E-state index in [0.717, 1.165) is 16.9 Å². The average Bonchev–Trinajstić information content (AvgIpc) is 2.94. The van der Waals surface area contributed by atoms with E-state index >= 15 is 0 Å². The van der Waals surface area contributed by atoms with E-state index in [4.69, 9.17) is 4.74 Å². The number of ether oxygens (including phenoxy) is 1. The maximum atomic E-state index is 11.8. The van der Waals surface area contributed by atoms with Gasteiger partial charge in [0.25, 0.3) is 5.91 Å². The summed E-state index contributed by atoms with van der Waals surface area (Å²) in [5, 5.41) is 9.25. The Morgan fingerprint density at radius 3 is 2.95 bits per heavy atom. The van der Waals surface area contributed by atoms with Crippen LogP contribution in [0.25, 0.3) is 0 Å². The van der Waals surface area contributed by atoms with Crippen LogP contribution in [0.4, 0.5) is 0 Å². The van der Waals surface area contributed by atoms with Crippen LogP contribution < -0.4 is 10.1 Å². The maximum Gasteiger partial charge on any atom is 0.258 e. The molecule has 1 atom stereocenters. The van der Waals surface area contributed by atoms with E-state index in [1.165, 1.54) is 6.33 Å². The van der Waals surface area contributed by atoms with Crippen LogP contribution in [0.5, 0.6) is 5.75 Å². The van der Waals surface area contributed by atoms with Crippen LogP contribution in [0.15, 0.2) is 24.5 Å². The molecule has 0 bridgehead atoms. The van der Waals surface area contributed by atoms with Gasteiger partial charge in [-0.1, -0.05) is 12.1 Å². The van der Waals surface area contributed by atoms with Gasteiger partial charge in [0.1, 0.15) is 17.9 Å². The molecule has 2 rings (SSSR count). The van der Waals surface area contributed by atoms with Gasteiger partial charge < -0.3 is 10.1 Å². The zero-order chi connectivity index (χ0) is 14.5. The van der Waals surface area contributed by atoms with Crippen LogP contribution in [0.3, 0.4) is 0 Å². The molecule has 0 fully saturated rings. The molecule has 2 N–H and O–H groups in total. The van der Waals surface area contributed by atoms with Crippen LogP contribution in [0.2, 0.25) is 0 Å². The summed E-state index contributed by atoms with van der Waals surface area (Å²) in [6, 6.07) is 5.67. The van der Waals surface area contributed by atoms with E-state index < -0.39 is 0 Å². The maximum absolute atomic E-state index is 11.8. The molecule has 20 heavy (non-hydrogen) atoms. The number of hydrogen-bond donors (Lipinski definition) is 2. The van der Waals surface area contributed by atoms with Gasteiger partial charge in [-0.15, -0.1) is 0 Å². The fourth-order valence-corrected chi connectivity index (χ4v) is 1.78. The van der Waals surface area contributed by atoms with E-state index in [1.807, 2.05) is 39.0 Å². The largest absolute Gasteiger partial charge is 0.483 e. The van der Waals surface area contributed by atoms with E-state index in [-0.39, 0.29) is 18.6 Å². The van der Waals surface area contributed by atoms with Gasteiger partial charge in [-0.05, 0) is 38.0 Å². The number of nitrogens with zero attached hydrogens (tertiary/aromatic N) is 2. The lowest BCUT2D eigenvalue weighted by molar-refractivity contribution is -0.123. The summed E-state index contributed by atoms with van der Waals surface area (Å²) in [5.74, 6) is 1.15. The molecule has 6 heteroatoms. The number of benzene rings is 1. The Morgan fingerprint density at radius 2 is 2.25 bits per heavy atom. The first-order chi connectivity index (χ1) is 9.56. The third-order valence-corrected chi connectivity index (χ3v) is 2.92. The highest BCUT2D eigenvalue weighted by molar-refractivity contribution is 5.77. The zero-order valence-electron chi connectivity index (χ0n) is 11.8. The van der Waals surface area contributed by atoms with Gasteiger partial charge in [-0.3, -0.25) is 9.89 Å². The first kappa shape index (κ1) is 14.0. The second-order valence-corrected chi connectivity index (χ2v) is 4.72. The standard InChI is InChI=1S/C14H18N4O2/c1-9-4-5-10(2)12(6-9)20-7-13(19)17-11(3)14-15-8-16-18-14/h4-6,8,11H,7H2,1-3H3,(H,17,19)(H,15,16,18). The Hall–Kier alpha value is -2.37. The lowest BCUT2D eigenvalue weighted by atomic mass is 10.1. The monoisotopic (exact) mass is 274 g/mol. The van der Waals surface area contributed by atoms with Crippen molar-refractivity contribution in [3.63, 3.8) is 0 Å². The number of rotatable bonds is 5. The van der Waals surface area contributed by atoms with Gasteiger partial charge in [0.05, 0.1) is 6.04 Å². The molecule has 0 aliphatic rings. The summed E-state index contributed by atoms with van der Waals surface area (Å²) in [7, 11) is 0. The van der Waals surface area contributed by atoms with Gasteiger partial charge in [-0.25, -0.2) is 4.98 Å². The van der Waals surface area contributed by atoms with Gasteiger partial charge in [0.15, 0.2) is 6.61 Å². The Kier molecular flexibility index (Phi) is 4.34. The van der Waals surface area contributed by atoms with Crippen molar-refractivity contribution in [1.82, 2.24) is 20.5 Å². The summed E-state index contributed by atoms with van der Waals surface area (Å²) in [6.45, 7) is 5.74. The van der Waals surface area contributed by atoms with Crippen LogP contribution >= 0.6 is 0 Å². The Balaban J connectivity index is 1.87. The number of aromatic nitrogens is 3. The molecule has 0 spiro atoms. The smallest absolute Gasteiger partial charge is 0.258 e. The predicted molar refractivity (Wildman–Crippen MR) is 74.4 cm³/mol. The molecule has 0 aliphatic carbocycles. The molecule has 1 aromatic heterocycles. The number of aromatic amines is 1. The molecule has 2 aromatic rings. The van der Waals surface area contributed by atoms with Crippen LogP contribution in [0.1, 0.15) is 29.9 Å². The second-order valence-electron chi connectivity index (χ2n) is 4.72. The van der Waals surface area contributed by atoms with Crippen LogP contribution in [-0.2, 0) is 4.79 Å². The fourth-order valence-electron chi connectivity index (χ4n) is 1.78. The number of H-pyrrole nitrogens is 1. The van der Waals surface area contributed by atoms with Gasteiger partial charge in [-0.2, -0.15) is 5.10 Å². The summed E-state index contributed by atoms with van der Waals surface area (Å²) >= 11 is 0. The molecule has 0 aliphatic heterocycles. The van der Waals surface area contributed by atoms with E-state index in [1.54, 1.807) is 0 Å². The first-order valence-electron chi connectivity index (χ1n) is 6.41. The minimum atomic E-state index is -0.229. The van der Waals surface area contributed by atoms with Crippen molar-refractivity contribution >= 4 is 5.91 Å². The molecular formula is C14H18N4O2. The van der Waals surface area contributed by atoms with Crippen molar-refractivity contribution in [2.45, 2.75) is 26.8 Å². The third kappa shape index (κ3) is 3.57. The Morgan fingerprint density at radius 1 is 1.45 bits per heavy atom. The minimum absolute atomic E-state index is 0.0250. The molecule has 1 heterocycles. The number of nitrogens with one attached hydrogen (secondary N) is 2. The third-order valence-electron chi connectivity index (χ3n) is 2.92. The highest BCUT2D eigenvalue weighted by atomic mass is 16.5. The summed E-state index contributed by atoms with van der Waals surface area (Å²) in [4.78, 5) is 15.8. The number of hydrogen-bond acceptors (Lipinski definition) is 4. The lowest BCUT2D eigenvalue weighted by Crippen LogP contribution is -2.31. The summed E-state index contributed by atoms with van der Waals surface area (Å²) < 4.78 is 5.54. The van der Waals surface area contributed by atoms with Gasteiger partial charge in [0.2, 0.25) is 0 Å². The Labute approximate surface area is 117 Å². The van der Waals surface area contributed by atoms with E-state index in [0.29, 0.717) is 5.82 Å². The van der Waals surface area contributed by atoms with Gasteiger partial charge >= 0.3 is 0 Å². The lowest BCUT2D eigenvalue weighted by Gasteiger charge is -2.13. The molecule has 106 valence electrons. The molecule has 1 unspecified atom stereocenters. The van der Waals surface area contributed by atoms with Gasteiger partial charge in [0, 0.05) is 0 Å².